The molecule has 0 aromatic rings. The number of nitrogens with zero attached hydrogens (tertiary/aromatic N) is 1. The Morgan fingerprint density at radius 2 is 1.88 bits per heavy atom. The molecule has 1 aliphatic carbocycles. The highest BCUT2D eigenvalue weighted by Crippen LogP contribution is 2.19. The number of hydrogen-bond donors (Lipinski definition) is 2. The first-order chi connectivity index (χ1) is 8.06. The van der Waals surface area contributed by atoms with Gasteiger partial charge in [-0.05, 0) is 12.8 Å². The fourth-order valence-electron chi connectivity index (χ4n) is 2.09. The standard InChI is InChI=1S/C11H16N2O4/c14-8-5-7(6-8)12-9(15)3-4-13-10(16)1-2-11(13)17/h7-8,14H,1-6H2,(H,12,15). The third-order valence-electron chi connectivity index (χ3n) is 3.20. The Morgan fingerprint density at radius 1 is 1.29 bits per heavy atom. The minimum absolute atomic E-state index is 0.0440. The van der Waals surface area contributed by atoms with Crippen LogP contribution in [-0.2, 0) is 14.4 Å². The monoisotopic (exact) mass is 240 g/mol. The van der Waals surface area contributed by atoms with E-state index in [1.165, 1.54) is 0 Å². The fourth-order valence-corrected chi connectivity index (χ4v) is 2.09. The van der Waals surface area contributed by atoms with Crippen LogP contribution in [-0.4, -0.2) is 46.4 Å². The molecule has 0 radical (unpaired) electrons. The van der Waals surface area contributed by atoms with Crippen molar-refractivity contribution in [2.75, 3.05) is 6.54 Å². The van der Waals surface area contributed by atoms with Crippen LogP contribution in [0.5, 0.6) is 0 Å². The van der Waals surface area contributed by atoms with Crippen molar-refractivity contribution in [3.05, 3.63) is 0 Å². The van der Waals surface area contributed by atoms with Crippen molar-refractivity contribution < 1.29 is 19.5 Å². The highest BCUT2D eigenvalue weighted by Gasteiger charge is 2.30. The molecule has 0 aromatic carbocycles. The summed E-state index contributed by atoms with van der Waals surface area (Å²) in [6.07, 6.45) is 1.54. The molecule has 17 heavy (non-hydrogen) atoms. The highest BCUT2D eigenvalue weighted by molar-refractivity contribution is 6.02. The summed E-state index contributed by atoms with van der Waals surface area (Å²) in [5, 5.41) is 11.8. The van der Waals surface area contributed by atoms with Crippen LogP contribution in [0.15, 0.2) is 0 Å². The molecule has 3 amide bonds. The quantitative estimate of drug-likeness (QED) is 0.628. The summed E-state index contributed by atoms with van der Waals surface area (Å²) in [4.78, 5) is 35.2. The molecule has 0 atom stereocenters. The molecular formula is C11H16N2O4. The normalized spacial score (nSPS) is 28.2. The number of nitrogens with one attached hydrogen (secondary N) is 1. The molecule has 2 N–H and O–H groups in total. The summed E-state index contributed by atoms with van der Waals surface area (Å²) in [5.41, 5.74) is 0. The van der Waals surface area contributed by atoms with Crippen LogP contribution in [0.2, 0.25) is 0 Å². The molecule has 0 aromatic heterocycles. The molecule has 1 heterocycles. The summed E-state index contributed by atoms with van der Waals surface area (Å²) in [6.45, 7) is 0.165. The minimum Gasteiger partial charge on any atom is -0.393 e. The van der Waals surface area contributed by atoms with Crippen molar-refractivity contribution >= 4 is 17.7 Å². The maximum Gasteiger partial charge on any atom is 0.229 e. The molecule has 1 saturated carbocycles. The van der Waals surface area contributed by atoms with E-state index in [2.05, 4.69) is 5.32 Å². The van der Waals surface area contributed by atoms with Crippen LogP contribution < -0.4 is 5.32 Å². The number of aliphatic hydroxyl groups excluding tert-OH is 1. The number of hydrogen-bond acceptors (Lipinski definition) is 4. The molecule has 6 nitrogen and oxygen atoms in total. The van der Waals surface area contributed by atoms with Gasteiger partial charge in [-0.1, -0.05) is 0 Å². The van der Waals surface area contributed by atoms with Gasteiger partial charge in [0.15, 0.2) is 0 Å². The van der Waals surface area contributed by atoms with E-state index in [0.29, 0.717) is 12.8 Å². The molecule has 6 heteroatoms. The first-order valence-electron chi connectivity index (χ1n) is 5.87. The SMILES string of the molecule is O=C(CCN1C(=O)CCC1=O)NC1CC(O)C1. The van der Waals surface area contributed by atoms with Crippen LogP contribution in [0, 0.1) is 0 Å². The van der Waals surface area contributed by atoms with E-state index in [1.807, 2.05) is 0 Å². The van der Waals surface area contributed by atoms with E-state index < -0.39 is 0 Å². The van der Waals surface area contributed by atoms with E-state index in [4.69, 9.17) is 5.11 Å². The summed E-state index contributed by atoms with van der Waals surface area (Å²) >= 11 is 0. The second-order valence-corrected chi connectivity index (χ2v) is 4.58. The molecule has 2 aliphatic rings. The van der Waals surface area contributed by atoms with E-state index >= 15 is 0 Å². The van der Waals surface area contributed by atoms with Gasteiger partial charge in [-0.25, -0.2) is 0 Å². The molecule has 0 bridgehead atoms. The Kier molecular flexibility index (Phi) is 3.42. The van der Waals surface area contributed by atoms with Gasteiger partial charge in [-0.15, -0.1) is 0 Å². The Morgan fingerprint density at radius 3 is 2.41 bits per heavy atom. The average Bonchev–Trinajstić information content (AvgIpc) is 2.54. The van der Waals surface area contributed by atoms with Gasteiger partial charge in [-0.2, -0.15) is 0 Å². The summed E-state index contributed by atoms with van der Waals surface area (Å²) in [7, 11) is 0. The zero-order chi connectivity index (χ0) is 12.4. The van der Waals surface area contributed by atoms with E-state index in [9.17, 15) is 14.4 Å². The van der Waals surface area contributed by atoms with Crippen LogP contribution in [0.3, 0.4) is 0 Å². The van der Waals surface area contributed by atoms with Crippen LogP contribution in [0.25, 0.3) is 0 Å². The van der Waals surface area contributed by atoms with Crippen molar-refractivity contribution in [3.63, 3.8) is 0 Å². The lowest BCUT2D eigenvalue weighted by Crippen LogP contribution is -2.47. The smallest absolute Gasteiger partial charge is 0.229 e. The third kappa shape index (κ3) is 2.82. The second-order valence-electron chi connectivity index (χ2n) is 4.58. The number of imide groups is 1. The maximum atomic E-state index is 11.5. The second kappa shape index (κ2) is 4.83. The third-order valence-corrected chi connectivity index (χ3v) is 3.20. The highest BCUT2D eigenvalue weighted by atomic mass is 16.3. The average molecular weight is 240 g/mol. The number of likely N-dealkylation sites (tertiary alicyclic amines) is 1. The van der Waals surface area contributed by atoms with Crippen LogP contribution in [0.4, 0.5) is 0 Å². The van der Waals surface area contributed by atoms with Crippen molar-refractivity contribution in [2.45, 2.75) is 44.2 Å². The zero-order valence-corrected chi connectivity index (χ0v) is 9.52. The largest absolute Gasteiger partial charge is 0.393 e. The minimum atomic E-state index is -0.304. The molecule has 1 saturated heterocycles. The molecule has 0 spiro atoms. The van der Waals surface area contributed by atoms with E-state index in [1.54, 1.807) is 0 Å². The topological polar surface area (TPSA) is 86.7 Å². The molecule has 0 unspecified atom stereocenters. The zero-order valence-electron chi connectivity index (χ0n) is 9.52. The number of rotatable bonds is 4. The lowest BCUT2D eigenvalue weighted by Gasteiger charge is -2.32. The number of carbonyl (C=O) groups is 3. The van der Waals surface area contributed by atoms with Crippen LogP contribution >= 0.6 is 0 Å². The van der Waals surface area contributed by atoms with Crippen molar-refractivity contribution in [1.29, 1.82) is 0 Å². The first-order valence-corrected chi connectivity index (χ1v) is 5.87. The summed E-state index contributed by atoms with van der Waals surface area (Å²) in [6, 6.07) is 0.0440. The number of amides is 3. The number of carbonyl (C=O) groups excluding carboxylic acids is 3. The van der Waals surface area contributed by atoms with E-state index in [0.717, 1.165) is 4.90 Å². The molecule has 94 valence electrons. The first kappa shape index (κ1) is 12.0. The van der Waals surface area contributed by atoms with Gasteiger partial charge in [0.25, 0.3) is 0 Å². The van der Waals surface area contributed by atoms with Gasteiger partial charge >= 0.3 is 0 Å². The van der Waals surface area contributed by atoms with E-state index in [-0.39, 0.29) is 55.7 Å². The lowest BCUT2D eigenvalue weighted by molar-refractivity contribution is -0.138. The fraction of sp³-hybridized carbons (Fsp3) is 0.727. The predicted molar refractivity (Wildman–Crippen MR) is 57.7 cm³/mol. The Labute approximate surface area is 99.0 Å². The molecule has 2 fully saturated rings. The Hall–Kier alpha value is -1.43. The van der Waals surface area contributed by atoms with Crippen molar-refractivity contribution in [1.82, 2.24) is 10.2 Å². The van der Waals surface area contributed by atoms with Gasteiger partial charge in [0, 0.05) is 31.8 Å². The maximum absolute atomic E-state index is 11.5. The van der Waals surface area contributed by atoms with Crippen LogP contribution in [0.1, 0.15) is 32.1 Å². The number of aliphatic hydroxyl groups is 1. The summed E-state index contributed by atoms with van der Waals surface area (Å²) < 4.78 is 0. The van der Waals surface area contributed by atoms with Gasteiger partial charge < -0.3 is 10.4 Å². The lowest BCUT2D eigenvalue weighted by atomic mass is 9.89. The van der Waals surface area contributed by atoms with Gasteiger partial charge in [0.2, 0.25) is 17.7 Å². The van der Waals surface area contributed by atoms with Gasteiger partial charge in [-0.3, -0.25) is 19.3 Å². The predicted octanol–water partition coefficient (Wildman–Crippen LogP) is -0.835. The van der Waals surface area contributed by atoms with Gasteiger partial charge in [0.05, 0.1) is 6.10 Å². The molecule has 2 rings (SSSR count). The molecular weight excluding hydrogens is 224 g/mol. The molecule has 1 aliphatic heterocycles. The Bertz CT molecular complexity index is 333. The van der Waals surface area contributed by atoms with Crippen molar-refractivity contribution in [3.8, 4) is 0 Å². The Balaban J connectivity index is 1.69. The van der Waals surface area contributed by atoms with Gasteiger partial charge in [0.1, 0.15) is 0 Å². The van der Waals surface area contributed by atoms with Crippen molar-refractivity contribution in [2.24, 2.45) is 0 Å². The summed E-state index contributed by atoms with van der Waals surface area (Å²) in [5.74, 6) is -0.557.